The van der Waals surface area contributed by atoms with Crippen molar-refractivity contribution in [1.82, 2.24) is 9.13 Å². The van der Waals surface area contributed by atoms with Crippen LogP contribution in [-0.4, -0.2) is 9.13 Å². The van der Waals surface area contributed by atoms with Gasteiger partial charge in [-0.3, -0.25) is 0 Å². The minimum absolute atomic E-state index is 1.15. The maximum Gasteiger partial charge on any atom is 0.0542 e. The predicted molar refractivity (Wildman–Crippen MR) is 211 cm³/mol. The van der Waals surface area contributed by atoms with E-state index in [1.165, 1.54) is 77.0 Å². The lowest BCUT2D eigenvalue weighted by Crippen LogP contribution is -1.96. The van der Waals surface area contributed by atoms with Crippen LogP contribution in [0.5, 0.6) is 0 Å². The zero-order valence-electron chi connectivity index (χ0n) is 27.4. The van der Waals surface area contributed by atoms with Gasteiger partial charge in [0.15, 0.2) is 0 Å². The van der Waals surface area contributed by atoms with E-state index in [0.717, 1.165) is 11.4 Å². The molecule has 0 aliphatic rings. The number of hydrogen-bond acceptors (Lipinski definition) is 0. The molecule has 2 aromatic heterocycles. The van der Waals surface area contributed by atoms with Crippen LogP contribution < -0.4 is 0 Å². The number of rotatable bonds is 5. The first-order valence-corrected chi connectivity index (χ1v) is 17.2. The zero-order valence-corrected chi connectivity index (χ0v) is 27.4. The third-order valence-corrected chi connectivity index (χ3v) is 10.1. The predicted octanol–water partition coefficient (Wildman–Crippen LogP) is 12.9. The lowest BCUT2D eigenvalue weighted by molar-refractivity contribution is 1.17. The van der Waals surface area contributed by atoms with Crippen LogP contribution in [-0.2, 0) is 0 Å². The molecule has 10 rings (SSSR count). The van der Waals surface area contributed by atoms with Gasteiger partial charge in [0.25, 0.3) is 0 Å². The first kappa shape index (κ1) is 28.4. The molecule has 0 amide bonds. The molecule has 0 atom stereocenters. The fraction of sp³-hybridized carbons (Fsp3) is 0. The normalized spacial score (nSPS) is 11.6. The molecule has 8 aromatic carbocycles. The van der Waals surface area contributed by atoms with Gasteiger partial charge in [-0.1, -0.05) is 133 Å². The molecular formula is C48H32N2. The van der Waals surface area contributed by atoms with Crippen LogP contribution >= 0.6 is 0 Å². The molecule has 0 spiro atoms. The molecule has 0 bridgehead atoms. The number of aromatic nitrogens is 2. The molecule has 0 saturated heterocycles. The molecule has 2 heterocycles. The van der Waals surface area contributed by atoms with E-state index in [2.05, 4.69) is 203 Å². The number of para-hydroxylation sites is 1. The molecule has 10 aromatic rings. The Hall–Kier alpha value is -6.64. The second kappa shape index (κ2) is 11.5. The summed E-state index contributed by atoms with van der Waals surface area (Å²) in [7, 11) is 0. The Morgan fingerprint density at radius 2 is 0.620 bits per heavy atom. The molecule has 2 nitrogen and oxygen atoms in total. The van der Waals surface area contributed by atoms with E-state index in [9.17, 15) is 0 Å². The van der Waals surface area contributed by atoms with Crippen molar-refractivity contribution < 1.29 is 0 Å². The fourth-order valence-electron chi connectivity index (χ4n) is 7.76. The van der Waals surface area contributed by atoms with E-state index < -0.39 is 0 Å². The highest BCUT2D eigenvalue weighted by molar-refractivity contribution is 6.13. The van der Waals surface area contributed by atoms with Crippen molar-refractivity contribution in [3.63, 3.8) is 0 Å². The highest BCUT2D eigenvalue weighted by Crippen LogP contribution is 2.40. The SMILES string of the molecule is c1ccc(-c2cccc(-n3c4ccccc4c4cc(-n5c6ccc(-c7ccccc7)cc6c6cc(-c7ccccc7)ccc65)ccc43)c2)cc1. The van der Waals surface area contributed by atoms with E-state index in [-0.39, 0.29) is 0 Å². The fourth-order valence-corrected chi connectivity index (χ4v) is 7.76. The van der Waals surface area contributed by atoms with E-state index in [1.54, 1.807) is 0 Å². The van der Waals surface area contributed by atoms with Crippen LogP contribution in [0.3, 0.4) is 0 Å². The minimum Gasteiger partial charge on any atom is -0.309 e. The molecule has 0 fully saturated rings. The Labute approximate surface area is 290 Å². The first-order chi connectivity index (χ1) is 24.8. The maximum atomic E-state index is 2.44. The maximum absolute atomic E-state index is 2.44. The van der Waals surface area contributed by atoms with Crippen molar-refractivity contribution in [2.45, 2.75) is 0 Å². The van der Waals surface area contributed by atoms with Crippen molar-refractivity contribution in [2.75, 3.05) is 0 Å². The standard InChI is InChI=1S/C48H32N2/c1-4-13-33(14-5-1)36-19-12-20-39(29-36)49-45-22-11-10-21-41(45)44-32-40(25-28-48(44)49)50-46-26-23-37(34-15-6-2-7-16-34)30-42(46)43-31-38(24-27-47(43)50)35-17-8-3-9-18-35/h1-32H. The van der Waals surface area contributed by atoms with Gasteiger partial charge in [0.1, 0.15) is 0 Å². The lowest BCUT2D eigenvalue weighted by Gasteiger charge is -2.12. The van der Waals surface area contributed by atoms with Gasteiger partial charge >= 0.3 is 0 Å². The summed E-state index contributed by atoms with van der Waals surface area (Å²) in [5.74, 6) is 0. The summed E-state index contributed by atoms with van der Waals surface area (Å²) in [6.07, 6.45) is 0. The quantitative estimate of drug-likeness (QED) is 0.178. The van der Waals surface area contributed by atoms with Crippen LogP contribution in [0.25, 0.3) is 88.4 Å². The van der Waals surface area contributed by atoms with Gasteiger partial charge in [0.2, 0.25) is 0 Å². The summed E-state index contributed by atoms with van der Waals surface area (Å²) in [5, 5.41) is 4.98. The van der Waals surface area contributed by atoms with Crippen molar-refractivity contribution in [2.24, 2.45) is 0 Å². The van der Waals surface area contributed by atoms with Crippen molar-refractivity contribution >= 4 is 43.6 Å². The van der Waals surface area contributed by atoms with E-state index in [1.807, 2.05) is 0 Å². The Morgan fingerprint density at radius 3 is 1.18 bits per heavy atom. The highest BCUT2D eigenvalue weighted by Gasteiger charge is 2.18. The van der Waals surface area contributed by atoms with E-state index >= 15 is 0 Å². The minimum atomic E-state index is 1.15. The Kier molecular flexibility index (Phi) is 6.53. The Balaban J connectivity index is 1.20. The first-order valence-electron chi connectivity index (χ1n) is 17.2. The second-order valence-electron chi connectivity index (χ2n) is 13.0. The molecule has 234 valence electrons. The number of hydrogen-bond donors (Lipinski definition) is 0. The lowest BCUT2D eigenvalue weighted by atomic mass is 10.0. The summed E-state index contributed by atoms with van der Waals surface area (Å²) in [6.45, 7) is 0. The Bertz CT molecular complexity index is 2740. The smallest absolute Gasteiger partial charge is 0.0542 e. The second-order valence-corrected chi connectivity index (χ2v) is 13.0. The molecular weight excluding hydrogens is 605 g/mol. The summed E-state index contributed by atoms with van der Waals surface area (Å²) in [6, 6.07) is 70.4. The number of nitrogens with zero attached hydrogens (tertiary/aromatic N) is 2. The van der Waals surface area contributed by atoms with Gasteiger partial charge in [-0.25, -0.2) is 0 Å². The number of fused-ring (bicyclic) bond motifs is 6. The topological polar surface area (TPSA) is 9.86 Å². The largest absolute Gasteiger partial charge is 0.309 e. The summed E-state index contributed by atoms with van der Waals surface area (Å²) in [5.41, 5.74) is 14.4. The van der Waals surface area contributed by atoms with Crippen LogP contribution in [0.1, 0.15) is 0 Å². The molecule has 0 radical (unpaired) electrons. The third-order valence-electron chi connectivity index (χ3n) is 10.1. The van der Waals surface area contributed by atoms with Crippen molar-refractivity contribution in [3.8, 4) is 44.8 Å². The van der Waals surface area contributed by atoms with Crippen LogP contribution in [0, 0.1) is 0 Å². The van der Waals surface area contributed by atoms with E-state index in [0.29, 0.717) is 0 Å². The van der Waals surface area contributed by atoms with Crippen LogP contribution in [0.2, 0.25) is 0 Å². The molecule has 2 heteroatoms. The number of benzene rings is 8. The summed E-state index contributed by atoms with van der Waals surface area (Å²) >= 11 is 0. The third kappa shape index (κ3) is 4.57. The highest BCUT2D eigenvalue weighted by atomic mass is 15.0. The molecule has 0 aliphatic carbocycles. The Morgan fingerprint density at radius 1 is 0.220 bits per heavy atom. The zero-order chi connectivity index (χ0) is 33.0. The molecule has 0 unspecified atom stereocenters. The van der Waals surface area contributed by atoms with Gasteiger partial charge in [0, 0.05) is 32.9 Å². The molecule has 50 heavy (non-hydrogen) atoms. The van der Waals surface area contributed by atoms with Gasteiger partial charge in [-0.15, -0.1) is 0 Å². The monoisotopic (exact) mass is 636 g/mol. The van der Waals surface area contributed by atoms with Crippen LogP contribution in [0.15, 0.2) is 194 Å². The van der Waals surface area contributed by atoms with Crippen molar-refractivity contribution in [1.29, 1.82) is 0 Å². The molecule has 0 aliphatic heterocycles. The van der Waals surface area contributed by atoms with Gasteiger partial charge in [-0.05, 0) is 94.0 Å². The van der Waals surface area contributed by atoms with Crippen LogP contribution in [0.4, 0.5) is 0 Å². The summed E-state index contributed by atoms with van der Waals surface area (Å²) < 4.78 is 4.85. The van der Waals surface area contributed by atoms with E-state index in [4.69, 9.17) is 0 Å². The van der Waals surface area contributed by atoms with Gasteiger partial charge in [-0.2, -0.15) is 0 Å². The average Bonchev–Trinajstić information content (AvgIpc) is 3.70. The van der Waals surface area contributed by atoms with Gasteiger partial charge < -0.3 is 9.13 Å². The van der Waals surface area contributed by atoms with Gasteiger partial charge in [0.05, 0.1) is 22.1 Å². The van der Waals surface area contributed by atoms with Crippen molar-refractivity contribution in [3.05, 3.63) is 194 Å². The summed E-state index contributed by atoms with van der Waals surface area (Å²) in [4.78, 5) is 0. The molecule has 0 N–H and O–H groups in total. The average molecular weight is 637 g/mol. The molecule has 0 saturated carbocycles.